The van der Waals surface area contributed by atoms with Gasteiger partial charge in [-0.3, -0.25) is 4.79 Å². The minimum atomic E-state index is 0.321. The zero-order valence-corrected chi connectivity index (χ0v) is 12.0. The summed E-state index contributed by atoms with van der Waals surface area (Å²) < 4.78 is 0. The van der Waals surface area contributed by atoms with Crippen LogP contribution in [0.15, 0.2) is 6.07 Å². The van der Waals surface area contributed by atoms with E-state index < -0.39 is 0 Å². The van der Waals surface area contributed by atoms with E-state index in [-0.39, 0.29) is 0 Å². The van der Waals surface area contributed by atoms with Crippen molar-refractivity contribution in [3.8, 4) is 0 Å². The zero-order chi connectivity index (χ0) is 12.5. The third-order valence-corrected chi connectivity index (χ3v) is 5.88. The van der Waals surface area contributed by atoms with E-state index in [2.05, 4.69) is 13.0 Å². The maximum absolute atomic E-state index is 12.5. The number of Topliss-reactive ketones (excluding diaryl/α,β-unsaturated/α-hetero) is 1. The molecule has 1 nitrogen and oxygen atoms in total. The molecule has 0 bridgehead atoms. The molecule has 0 N–H and O–H groups in total. The smallest absolute Gasteiger partial charge is 0.175 e. The SMILES string of the molecule is CC1CCC(C(=O)c2cc3c(s2)CCCC3)CC1. The average molecular weight is 262 g/mol. The molecule has 0 aliphatic heterocycles. The molecule has 0 radical (unpaired) electrons. The normalized spacial score (nSPS) is 27.8. The van der Waals surface area contributed by atoms with Gasteiger partial charge in [0, 0.05) is 10.8 Å². The lowest BCUT2D eigenvalue weighted by atomic mass is 9.80. The molecule has 1 aromatic heterocycles. The Morgan fingerprint density at radius 1 is 1.17 bits per heavy atom. The summed E-state index contributed by atoms with van der Waals surface area (Å²) >= 11 is 1.79. The van der Waals surface area contributed by atoms with Crippen LogP contribution >= 0.6 is 11.3 Å². The zero-order valence-electron chi connectivity index (χ0n) is 11.2. The van der Waals surface area contributed by atoms with Crippen molar-refractivity contribution < 1.29 is 4.79 Å². The Morgan fingerprint density at radius 2 is 1.89 bits per heavy atom. The topological polar surface area (TPSA) is 17.1 Å². The molecule has 2 aliphatic rings. The van der Waals surface area contributed by atoms with E-state index in [1.807, 2.05) is 0 Å². The Kier molecular flexibility index (Phi) is 3.56. The third-order valence-electron chi connectivity index (χ3n) is 4.63. The molecule has 1 fully saturated rings. The lowest BCUT2D eigenvalue weighted by molar-refractivity contribution is 0.0880. The fraction of sp³-hybridized carbons (Fsp3) is 0.688. The van der Waals surface area contributed by atoms with Crippen LogP contribution in [-0.2, 0) is 12.8 Å². The highest BCUT2D eigenvalue weighted by molar-refractivity contribution is 7.14. The van der Waals surface area contributed by atoms with Gasteiger partial charge in [0.05, 0.1) is 4.88 Å². The number of fused-ring (bicyclic) bond motifs is 1. The number of hydrogen-bond donors (Lipinski definition) is 0. The van der Waals surface area contributed by atoms with Gasteiger partial charge in [-0.25, -0.2) is 0 Å². The highest BCUT2D eigenvalue weighted by atomic mass is 32.1. The fourth-order valence-corrected chi connectivity index (χ4v) is 4.61. The molecule has 0 aromatic carbocycles. The van der Waals surface area contributed by atoms with E-state index in [9.17, 15) is 4.79 Å². The van der Waals surface area contributed by atoms with Crippen LogP contribution < -0.4 is 0 Å². The number of aryl methyl sites for hydroxylation is 2. The third kappa shape index (κ3) is 2.40. The molecule has 1 aromatic rings. The van der Waals surface area contributed by atoms with Crippen molar-refractivity contribution in [1.82, 2.24) is 0 Å². The molecule has 0 atom stereocenters. The van der Waals surface area contributed by atoms with Crippen LogP contribution in [0, 0.1) is 11.8 Å². The van der Waals surface area contributed by atoms with E-state index in [1.165, 1.54) is 49.0 Å². The fourth-order valence-electron chi connectivity index (χ4n) is 3.34. The molecule has 1 heterocycles. The Morgan fingerprint density at radius 3 is 2.61 bits per heavy atom. The molecule has 0 spiro atoms. The van der Waals surface area contributed by atoms with Crippen molar-refractivity contribution in [1.29, 1.82) is 0 Å². The van der Waals surface area contributed by atoms with Crippen LogP contribution in [0.2, 0.25) is 0 Å². The molecule has 2 heteroatoms. The number of carbonyl (C=O) groups is 1. The molecule has 18 heavy (non-hydrogen) atoms. The van der Waals surface area contributed by atoms with Gasteiger partial charge in [0.1, 0.15) is 0 Å². The van der Waals surface area contributed by atoms with Crippen LogP contribution in [0.1, 0.15) is 65.6 Å². The van der Waals surface area contributed by atoms with Gasteiger partial charge in [-0.05, 0) is 56.1 Å². The molecular weight excluding hydrogens is 240 g/mol. The quantitative estimate of drug-likeness (QED) is 0.710. The largest absolute Gasteiger partial charge is 0.293 e. The van der Waals surface area contributed by atoms with Crippen molar-refractivity contribution in [3.05, 3.63) is 21.4 Å². The summed E-state index contributed by atoms with van der Waals surface area (Å²) in [7, 11) is 0. The first kappa shape index (κ1) is 12.4. The highest BCUT2D eigenvalue weighted by Gasteiger charge is 2.27. The van der Waals surface area contributed by atoms with Gasteiger partial charge in [0.2, 0.25) is 0 Å². The number of carbonyl (C=O) groups excluding carboxylic acids is 1. The second-order valence-electron chi connectivity index (χ2n) is 6.09. The molecule has 0 saturated heterocycles. The molecule has 0 unspecified atom stereocenters. The van der Waals surface area contributed by atoms with Crippen LogP contribution in [-0.4, -0.2) is 5.78 Å². The summed E-state index contributed by atoms with van der Waals surface area (Å²) in [5.74, 6) is 1.59. The summed E-state index contributed by atoms with van der Waals surface area (Å²) in [5.41, 5.74) is 1.47. The van der Waals surface area contributed by atoms with E-state index in [0.717, 1.165) is 23.6 Å². The van der Waals surface area contributed by atoms with Crippen LogP contribution in [0.5, 0.6) is 0 Å². The van der Waals surface area contributed by atoms with Gasteiger partial charge in [0.15, 0.2) is 5.78 Å². The summed E-state index contributed by atoms with van der Waals surface area (Å²) in [4.78, 5) is 15.1. The summed E-state index contributed by atoms with van der Waals surface area (Å²) in [6.45, 7) is 2.31. The van der Waals surface area contributed by atoms with E-state index >= 15 is 0 Å². The first-order valence-corrected chi connectivity index (χ1v) is 8.21. The first-order valence-electron chi connectivity index (χ1n) is 7.40. The second kappa shape index (κ2) is 5.16. The Balaban J connectivity index is 1.74. The van der Waals surface area contributed by atoms with Gasteiger partial charge in [-0.1, -0.05) is 19.8 Å². The number of rotatable bonds is 2. The average Bonchev–Trinajstić information content (AvgIpc) is 2.82. The maximum atomic E-state index is 12.5. The molecule has 2 aliphatic carbocycles. The van der Waals surface area contributed by atoms with Crippen LogP contribution in [0.4, 0.5) is 0 Å². The van der Waals surface area contributed by atoms with Gasteiger partial charge in [-0.15, -0.1) is 11.3 Å². The minimum absolute atomic E-state index is 0.321. The lowest BCUT2D eigenvalue weighted by Gasteiger charge is -2.24. The van der Waals surface area contributed by atoms with Crippen molar-refractivity contribution in [2.45, 2.75) is 58.3 Å². The molecule has 3 rings (SSSR count). The van der Waals surface area contributed by atoms with Gasteiger partial charge in [-0.2, -0.15) is 0 Å². The number of hydrogen-bond acceptors (Lipinski definition) is 2. The number of thiophene rings is 1. The molecule has 98 valence electrons. The van der Waals surface area contributed by atoms with E-state index in [1.54, 1.807) is 11.3 Å². The second-order valence-corrected chi connectivity index (χ2v) is 7.22. The lowest BCUT2D eigenvalue weighted by Crippen LogP contribution is -2.20. The van der Waals surface area contributed by atoms with E-state index in [0.29, 0.717) is 11.7 Å². The summed E-state index contributed by atoms with van der Waals surface area (Å²) in [6.07, 6.45) is 9.71. The van der Waals surface area contributed by atoms with Gasteiger partial charge in [0.25, 0.3) is 0 Å². The monoisotopic (exact) mass is 262 g/mol. The van der Waals surface area contributed by atoms with Crippen molar-refractivity contribution >= 4 is 17.1 Å². The van der Waals surface area contributed by atoms with Crippen molar-refractivity contribution in [2.24, 2.45) is 11.8 Å². The van der Waals surface area contributed by atoms with Gasteiger partial charge < -0.3 is 0 Å². The minimum Gasteiger partial charge on any atom is -0.293 e. The number of ketones is 1. The predicted molar refractivity (Wildman–Crippen MR) is 76.4 cm³/mol. The summed E-state index contributed by atoms with van der Waals surface area (Å²) in [6, 6.07) is 2.21. The Hall–Kier alpha value is -0.630. The standard InChI is InChI=1S/C16H22OS/c1-11-6-8-12(9-7-11)16(17)15-10-13-4-2-3-5-14(13)18-15/h10-12H,2-9H2,1H3. The van der Waals surface area contributed by atoms with Gasteiger partial charge >= 0.3 is 0 Å². The van der Waals surface area contributed by atoms with Crippen LogP contribution in [0.25, 0.3) is 0 Å². The molecule has 1 saturated carbocycles. The predicted octanol–water partition coefficient (Wildman–Crippen LogP) is 4.64. The maximum Gasteiger partial charge on any atom is 0.175 e. The van der Waals surface area contributed by atoms with E-state index in [4.69, 9.17) is 0 Å². The molecular formula is C16H22OS. The highest BCUT2D eigenvalue weighted by Crippen LogP contribution is 2.35. The Bertz CT molecular complexity index is 414. The van der Waals surface area contributed by atoms with Crippen molar-refractivity contribution in [3.63, 3.8) is 0 Å². The van der Waals surface area contributed by atoms with Crippen LogP contribution in [0.3, 0.4) is 0 Å². The Labute approximate surface area is 114 Å². The summed E-state index contributed by atoms with van der Waals surface area (Å²) in [5, 5.41) is 0. The van der Waals surface area contributed by atoms with Crippen molar-refractivity contribution in [2.75, 3.05) is 0 Å². The molecule has 0 amide bonds. The first-order chi connectivity index (χ1) is 8.74.